The second-order valence-electron chi connectivity index (χ2n) is 4.02. The number of ether oxygens (including phenoxy) is 1. The zero-order chi connectivity index (χ0) is 11.7. The molecular weight excluding hydrogens is 218 g/mol. The Balaban J connectivity index is 1.88. The highest BCUT2D eigenvalue weighted by atomic mass is 16.5. The van der Waals surface area contributed by atoms with Gasteiger partial charge in [0.15, 0.2) is 0 Å². The van der Waals surface area contributed by atoms with Crippen LogP contribution in [0.2, 0.25) is 0 Å². The zero-order valence-electron chi connectivity index (χ0n) is 9.37. The maximum Gasteiger partial charge on any atom is 0.255 e. The van der Waals surface area contributed by atoms with Crippen molar-refractivity contribution in [3.05, 3.63) is 36.2 Å². The van der Waals surface area contributed by atoms with Crippen molar-refractivity contribution < 1.29 is 9.53 Å². The summed E-state index contributed by atoms with van der Waals surface area (Å²) in [5.74, 6) is 0.0469. The van der Waals surface area contributed by atoms with E-state index in [1.54, 1.807) is 16.9 Å². The van der Waals surface area contributed by atoms with Crippen LogP contribution >= 0.6 is 0 Å². The van der Waals surface area contributed by atoms with Gasteiger partial charge in [0, 0.05) is 25.5 Å². The van der Waals surface area contributed by atoms with E-state index in [1.165, 1.54) is 0 Å². The molecule has 0 N–H and O–H groups in total. The lowest BCUT2D eigenvalue weighted by Gasteiger charge is -2.26. The molecule has 1 aliphatic rings. The number of rotatable bonds is 1. The van der Waals surface area contributed by atoms with E-state index < -0.39 is 0 Å². The molecule has 1 saturated heterocycles. The van der Waals surface area contributed by atoms with Crippen molar-refractivity contribution in [1.82, 2.24) is 14.5 Å². The summed E-state index contributed by atoms with van der Waals surface area (Å²) >= 11 is 0. The highest BCUT2D eigenvalue weighted by Crippen LogP contribution is 2.09. The van der Waals surface area contributed by atoms with E-state index in [4.69, 9.17) is 4.74 Å². The molecule has 1 aliphatic heterocycles. The standard InChI is InChI=1S/C12H13N3O2/c16-12(14-5-7-17-8-6-14)10-1-2-11-3-4-13-15(11)9-10/h1-4,9H,5-8H2. The van der Waals surface area contributed by atoms with Crippen LogP contribution in [0, 0.1) is 0 Å². The topological polar surface area (TPSA) is 46.8 Å². The first-order valence-corrected chi connectivity index (χ1v) is 5.65. The van der Waals surface area contributed by atoms with Crippen LogP contribution in [0.5, 0.6) is 0 Å². The number of hydrogen-bond donors (Lipinski definition) is 0. The number of amides is 1. The first-order chi connectivity index (χ1) is 8.34. The van der Waals surface area contributed by atoms with E-state index in [-0.39, 0.29) is 5.91 Å². The SMILES string of the molecule is O=C(c1ccc2ccnn2c1)N1CCOCC1. The van der Waals surface area contributed by atoms with Crippen molar-refractivity contribution in [2.75, 3.05) is 26.3 Å². The third-order valence-corrected chi connectivity index (χ3v) is 2.94. The molecule has 3 rings (SSSR count). The van der Waals surface area contributed by atoms with Gasteiger partial charge in [-0.2, -0.15) is 5.10 Å². The summed E-state index contributed by atoms with van der Waals surface area (Å²) in [6.07, 6.45) is 3.49. The Hall–Kier alpha value is -1.88. The van der Waals surface area contributed by atoms with Crippen LogP contribution in [-0.4, -0.2) is 46.7 Å². The molecule has 3 heterocycles. The average Bonchev–Trinajstić information content (AvgIpc) is 2.86. The number of pyridine rings is 1. The number of hydrogen-bond acceptors (Lipinski definition) is 3. The molecule has 0 saturated carbocycles. The number of aromatic nitrogens is 2. The maximum absolute atomic E-state index is 12.2. The third kappa shape index (κ3) is 1.89. The lowest BCUT2D eigenvalue weighted by atomic mass is 10.2. The second-order valence-corrected chi connectivity index (χ2v) is 4.02. The van der Waals surface area contributed by atoms with Crippen molar-refractivity contribution in [2.24, 2.45) is 0 Å². The van der Waals surface area contributed by atoms with Crippen LogP contribution in [0.1, 0.15) is 10.4 Å². The van der Waals surface area contributed by atoms with Crippen molar-refractivity contribution >= 4 is 11.4 Å². The van der Waals surface area contributed by atoms with Gasteiger partial charge >= 0.3 is 0 Å². The van der Waals surface area contributed by atoms with Gasteiger partial charge in [0.25, 0.3) is 5.91 Å². The lowest BCUT2D eigenvalue weighted by Crippen LogP contribution is -2.40. The minimum Gasteiger partial charge on any atom is -0.378 e. The van der Waals surface area contributed by atoms with Crippen LogP contribution in [0.25, 0.3) is 5.52 Å². The molecule has 0 atom stereocenters. The molecular formula is C12H13N3O2. The van der Waals surface area contributed by atoms with E-state index in [2.05, 4.69) is 5.10 Å². The average molecular weight is 231 g/mol. The largest absolute Gasteiger partial charge is 0.378 e. The van der Waals surface area contributed by atoms with Crippen molar-refractivity contribution in [2.45, 2.75) is 0 Å². The van der Waals surface area contributed by atoms with Gasteiger partial charge in [-0.3, -0.25) is 4.79 Å². The minimum atomic E-state index is 0.0469. The maximum atomic E-state index is 12.2. The third-order valence-electron chi connectivity index (χ3n) is 2.94. The first kappa shape index (κ1) is 10.3. The fourth-order valence-electron chi connectivity index (χ4n) is 1.99. The van der Waals surface area contributed by atoms with Gasteiger partial charge in [0.1, 0.15) is 0 Å². The molecule has 5 nitrogen and oxygen atoms in total. The Morgan fingerprint density at radius 3 is 2.88 bits per heavy atom. The van der Waals surface area contributed by atoms with Gasteiger partial charge in [-0.05, 0) is 18.2 Å². The van der Waals surface area contributed by atoms with Crippen LogP contribution < -0.4 is 0 Å². The Morgan fingerprint density at radius 1 is 1.24 bits per heavy atom. The second kappa shape index (κ2) is 4.18. The highest BCUT2D eigenvalue weighted by Gasteiger charge is 2.18. The minimum absolute atomic E-state index is 0.0469. The molecule has 0 radical (unpaired) electrons. The molecule has 2 aromatic rings. The normalized spacial score (nSPS) is 16.4. The van der Waals surface area contributed by atoms with Gasteiger partial charge in [-0.25, -0.2) is 4.52 Å². The summed E-state index contributed by atoms with van der Waals surface area (Å²) in [7, 11) is 0. The fourth-order valence-corrected chi connectivity index (χ4v) is 1.99. The summed E-state index contributed by atoms with van der Waals surface area (Å²) in [5, 5.41) is 4.13. The Labute approximate surface area is 98.6 Å². The Bertz CT molecular complexity index is 543. The summed E-state index contributed by atoms with van der Waals surface area (Å²) < 4.78 is 6.95. The molecule has 0 aromatic carbocycles. The van der Waals surface area contributed by atoms with Crippen molar-refractivity contribution in [1.29, 1.82) is 0 Å². The Morgan fingerprint density at radius 2 is 2.06 bits per heavy atom. The first-order valence-electron chi connectivity index (χ1n) is 5.65. The zero-order valence-corrected chi connectivity index (χ0v) is 9.37. The summed E-state index contributed by atoms with van der Waals surface area (Å²) in [4.78, 5) is 14.0. The summed E-state index contributed by atoms with van der Waals surface area (Å²) in [6.45, 7) is 2.57. The molecule has 0 unspecified atom stereocenters. The van der Waals surface area contributed by atoms with Crippen LogP contribution in [0.4, 0.5) is 0 Å². The van der Waals surface area contributed by atoms with Gasteiger partial charge in [0.05, 0.1) is 24.3 Å². The van der Waals surface area contributed by atoms with E-state index in [1.807, 2.05) is 23.1 Å². The number of morpholine rings is 1. The number of nitrogens with zero attached hydrogens (tertiary/aromatic N) is 3. The summed E-state index contributed by atoms with van der Waals surface area (Å²) in [6, 6.07) is 5.65. The quantitative estimate of drug-likeness (QED) is 0.729. The smallest absolute Gasteiger partial charge is 0.255 e. The van der Waals surface area contributed by atoms with E-state index in [9.17, 15) is 4.79 Å². The number of fused-ring (bicyclic) bond motifs is 1. The fraction of sp³-hybridized carbons (Fsp3) is 0.333. The molecule has 1 amide bonds. The van der Waals surface area contributed by atoms with Crippen molar-refractivity contribution in [3.8, 4) is 0 Å². The summed E-state index contributed by atoms with van der Waals surface area (Å²) in [5.41, 5.74) is 1.66. The Kier molecular flexibility index (Phi) is 2.53. The number of carbonyl (C=O) groups excluding carboxylic acids is 1. The van der Waals surface area contributed by atoms with Crippen LogP contribution in [0.15, 0.2) is 30.6 Å². The van der Waals surface area contributed by atoms with Crippen LogP contribution in [-0.2, 0) is 4.74 Å². The predicted octanol–water partition coefficient (Wildman–Crippen LogP) is 0.807. The van der Waals surface area contributed by atoms with Gasteiger partial charge in [0.2, 0.25) is 0 Å². The molecule has 0 aliphatic carbocycles. The molecule has 88 valence electrons. The van der Waals surface area contributed by atoms with Gasteiger partial charge in [-0.15, -0.1) is 0 Å². The lowest BCUT2D eigenvalue weighted by molar-refractivity contribution is 0.0302. The molecule has 5 heteroatoms. The van der Waals surface area contributed by atoms with Gasteiger partial charge < -0.3 is 9.64 Å². The monoisotopic (exact) mass is 231 g/mol. The highest BCUT2D eigenvalue weighted by molar-refractivity contribution is 5.94. The molecule has 2 aromatic heterocycles. The number of carbonyl (C=O) groups is 1. The molecule has 17 heavy (non-hydrogen) atoms. The molecule has 0 spiro atoms. The molecule has 1 fully saturated rings. The van der Waals surface area contributed by atoms with E-state index in [0.717, 1.165) is 5.52 Å². The van der Waals surface area contributed by atoms with E-state index in [0.29, 0.717) is 31.9 Å². The molecule has 0 bridgehead atoms. The van der Waals surface area contributed by atoms with Crippen molar-refractivity contribution in [3.63, 3.8) is 0 Å². The van der Waals surface area contributed by atoms with Gasteiger partial charge in [-0.1, -0.05) is 0 Å². The van der Waals surface area contributed by atoms with E-state index >= 15 is 0 Å². The van der Waals surface area contributed by atoms with Crippen LogP contribution in [0.3, 0.4) is 0 Å². The predicted molar refractivity (Wildman–Crippen MR) is 61.9 cm³/mol.